The van der Waals surface area contributed by atoms with E-state index in [1.807, 2.05) is 0 Å². The third-order valence-corrected chi connectivity index (χ3v) is 4.48. The summed E-state index contributed by atoms with van der Waals surface area (Å²) in [6, 6.07) is 0. The van der Waals surface area contributed by atoms with Gasteiger partial charge in [-0.3, -0.25) is 14.9 Å². The standard InChI is InChI=1S/C15H8F17NO2/c16-8(17,2-1-3-9(18,19)20)11(23,24)13(27,28)15(31,32)14(29,30)12(25,26)10(21,22)5-4-6(34)33-7(5)35/h4H,1-3H2,(H,33,34,35). The van der Waals surface area contributed by atoms with E-state index in [0.29, 0.717) is 0 Å². The van der Waals surface area contributed by atoms with E-state index in [-0.39, 0.29) is 0 Å². The van der Waals surface area contributed by atoms with Crippen molar-refractivity contribution < 1.29 is 84.2 Å². The molecule has 20 heteroatoms. The summed E-state index contributed by atoms with van der Waals surface area (Å²) in [4.78, 5) is 21.8. The number of carbonyl (C=O) groups is 2. The Labute approximate surface area is 181 Å². The predicted octanol–water partition coefficient (Wildman–Crippen LogP) is 5.75. The molecule has 0 spiro atoms. The number of hydrogen-bond donors (Lipinski definition) is 1. The van der Waals surface area contributed by atoms with Crippen LogP contribution in [-0.4, -0.2) is 59.4 Å². The molecule has 0 atom stereocenters. The van der Waals surface area contributed by atoms with Crippen molar-refractivity contribution >= 4 is 11.8 Å². The summed E-state index contributed by atoms with van der Waals surface area (Å²) >= 11 is 0. The minimum Gasteiger partial charge on any atom is -0.289 e. The van der Waals surface area contributed by atoms with Gasteiger partial charge in [0.15, 0.2) is 0 Å². The maximum atomic E-state index is 13.8. The highest BCUT2D eigenvalue weighted by molar-refractivity contribution is 6.17. The van der Waals surface area contributed by atoms with Crippen molar-refractivity contribution in [2.45, 2.75) is 66.9 Å². The Morgan fingerprint density at radius 1 is 0.571 bits per heavy atom. The zero-order valence-corrected chi connectivity index (χ0v) is 15.9. The second kappa shape index (κ2) is 8.38. The van der Waals surface area contributed by atoms with Crippen molar-refractivity contribution in [1.82, 2.24) is 5.32 Å². The summed E-state index contributed by atoms with van der Waals surface area (Å²) in [6.07, 6.45) is -13.7. The third kappa shape index (κ3) is 4.63. The van der Waals surface area contributed by atoms with Crippen molar-refractivity contribution in [2.24, 2.45) is 0 Å². The number of amides is 2. The van der Waals surface area contributed by atoms with E-state index in [1.165, 1.54) is 0 Å². The van der Waals surface area contributed by atoms with Crippen molar-refractivity contribution in [2.75, 3.05) is 0 Å². The lowest BCUT2D eigenvalue weighted by Crippen LogP contribution is -2.73. The van der Waals surface area contributed by atoms with Gasteiger partial charge in [0, 0.05) is 18.9 Å². The molecule has 0 aromatic carbocycles. The van der Waals surface area contributed by atoms with Gasteiger partial charge >= 0.3 is 47.6 Å². The molecule has 35 heavy (non-hydrogen) atoms. The van der Waals surface area contributed by atoms with Crippen LogP contribution in [0.4, 0.5) is 74.6 Å². The lowest BCUT2D eigenvalue weighted by Gasteiger charge is -2.42. The van der Waals surface area contributed by atoms with Crippen LogP contribution < -0.4 is 5.32 Å². The van der Waals surface area contributed by atoms with E-state index >= 15 is 0 Å². The highest BCUT2D eigenvalue weighted by atomic mass is 19.4. The average Bonchev–Trinajstić information content (AvgIpc) is 2.98. The maximum absolute atomic E-state index is 13.8. The van der Waals surface area contributed by atoms with Crippen LogP contribution >= 0.6 is 0 Å². The molecule has 1 aliphatic rings. The molecule has 0 aromatic rings. The Hall–Kier alpha value is -2.31. The molecule has 1 N–H and O–H groups in total. The molecule has 0 aromatic heterocycles. The maximum Gasteiger partial charge on any atom is 0.389 e. The van der Waals surface area contributed by atoms with Crippen molar-refractivity contribution in [3.05, 3.63) is 11.6 Å². The second-order valence-corrected chi connectivity index (χ2v) is 7.00. The summed E-state index contributed by atoms with van der Waals surface area (Å²) < 4.78 is 227. The third-order valence-electron chi connectivity index (χ3n) is 4.48. The molecule has 0 aliphatic carbocycles. The van der Waals surface area contributed by atoms with Gasteiger partial charge < -0.3 is 0 Å². The van der Waals surface area contributed by atoms with Crippen LogP contribution in [-0.2, 0) is 9.59 Å². The molecule has 3 nitrogen and oxygen atoms in total. The molecule has 204 valence electrons. The van der Waals surface area contributed by atoms with Gasteiger partial charge in [-0.25, -0.2) is 0 Å². The zero-order valence-electron chi connectivity index (χ0n) is 15.9. The summed E-state index contributed by atoms with van der Waals surface area (Å²) in [7, 11) is 0. The van der Waals surface area contributed by atoms with E-state index in [1.54, 1.807) is 0 Å². The van der Waals surface area contributed by atoms with Crippen molar-refractivity contribution in [1.29, 1.82) is 0 Å². The van der Waals surface area contributed by atoms with E-state index < -0.39 is 90.4 Å². The quantitative estimate of drug-likeness (QED) is 0.275. The average molecular weight is 557 g/mol. The van der Waals surface area contributed by atoms with Gasteiger partial charge in [0.05, 0.1) is 5.57 Å². The molecule has 0 saturated heterocycles. The van der Waals surface area contributed by atoms with Crippen LogP contribution in [0.25, 0.3) is 0 Å². The normalized spacial score (nSPS) is 17.6. The van der Waals surface area contributed by atoms with E-state index in [9.17, 15) is 84.2 Å². The Balaban J connectivity index is 3.50. The van der Waals surface area contributed by atoms with E-state index in [0.717, 1.165) is 5.32 Å². The molecular formula is C15H8F17NO2. The van der Waals surface area contributed by atoms with E-state index in [2.05, 4.69) is 0 Å². The van der Waals surface area contributed by atoms with Gasteiger partial charge in [-0.05, 0) is 6.42 Å². The number of nitrogens with one attached hydrogen (secondary N) is 1. The number of alkyl halides is 17. The van der Waals surface area contributed by atoms with Gasteiger partial charge in [0.2, 0.25) is 0 Å². The Morgan fingerprint density at radius 3 is 1.34 bits per heavy atom. The largest absolute Gasteiger partial charge is 0.389 e. The van der Waals surface area contributed by atoms with Gasteiger partial charge in [-0.2, -0.15) is 74.6 Å². The van der Waals surface area contributed by atoms with Crippen molar-refractivity contribution in [3.8, 4) is 0 Å². The lowest BCUT2D eigenvalue weighted by atomic mass is 9.86. The molecule has 1 heterocycles. The highest BCUT2D eigenvalue weighted by Gasteiger charge is 2.93. The Morgan fingerprint density at radius 2 is 0.971 bits per heavy atom. The zero-order chi connectivity index (χ0) is 28.3. The molecule has 0 fully saturated rings. The first kappa shape index (κ1) is 30.7. The smallest absolute Gasteiger partial charge is 0.289 e. The number of rotatable bonds is 10. The molecule has 0 unspecified atom stereocenters. The monoisotopic (exact) mass is 557 g/mol. The minimum absolute atomic E-state index is 0.776. The van der Waals surface area contributed by atoms with Gasteiger partial charge in [-0.15, -0.1) is 0 Å². The van der Waals surface area contributed by atoms with Gasteiger partial charge in [0.25, 0.3) is 11.8 Å². The first-order valence-corrected chi connectivity index (χ1v) is 8.41. The minimum atomic E-state index is -8.45. The molecule has 1 aliphatic heterocycles. The Kier molecular flexibility index (Phi) is 7.35. The SMILES string of the molecule is O=C1C=C(C(F)(F)C(F)(F)C(F)(F)C(F)(F)C(F)(F)C(F)(F)C(F)(F)CCCC(F)(F)F)C(=O)N1. The molecule has 0 saturated carbocycles. The fourth-order valence-electron chi connectivity index (χ4n) is 2.50. The van der Waals surface area contributed by atoms with Crippen LogP contribution in [0.1, 0.15) is 19.3 Å². The summed E-state index contributed by atoms with van der Waals surface area (Å²) in [5.74, 6) is -59.0. The molecular weight excluding hydrogens is 549 g/mol. The first-order chi connectivity index (χ1) is 15.1. The fourth-order valence-corrected chi connectivity index (χ4v) is 2.50. The van der Waals surface area contributed by atoms with Crippen molar-refractivity contribution in [3.63, 3.8) is 0 Å². The first-order valence-electron chi connectivity index (χ1n) is 8.41. The lowest BCUT2D eigenvalue weighted by molar-refractivity contribution is -0.438. The number of imide groups is 1. The van der Waals surface area contributed by atoms with Crippen LogP contribution in [0.3, 0.4) is 0 Å². The number of halogens is 17. The van der Waals surface area contributed by atoms with Gasteiger partial charge in [0.1, 0.15) is 0 Å². The fraction of sp³-hybridized carbons (Fsp3) is 0.733. The van der Waals surface area contributed by atoms with Crippen LogP contribution in [0.15, 0.2) is 11.6 Å². The molecule has 1 rings (SSSR count). The van der Waals surface area contributed by atoms with Gasteiger partial charge in [-0.1, -0.05) is 0 Å². The van der Waals surface area contributed by atoms with Crippen LogP contribution in [0, 0.1) is 0 Å². The summed E-state index contributed by atoms with van der Waals surface area (Å²) in [5.41, 5.74) is -2.99. The summed E-state index contributed by atoms with van der Waals surface area (Å²) in [5, 5.41) is 0.776. The molecule has 2 amide bonds. The topological polar surface area (TPSA) is 46.2 Å². The number of carbonyl (C=O) groups excluding carboxylic acids is 2. The molecule has 0 radical (unpaired) electrons. The highest BCUT2D eigenvalue weighted by Crippen LogP contribution is 2.63. The predicted molar refractivity (Wildman–Crippen MR) is 75.8 cm³/mol. The van der Waals surface area contributed by atoms with E-state index in [4.69, 9.17) is 0 Å². The Bertz CT molecular complexity index is 886. The second-order valence-electron chi connectivity index (χ2n) is 7.00. The van der Waals surface area contributed by atoms with Crippen LogP contribution in [0.5, 0.6) is 0 Å². The molecule has 0 bridgehead atoms. The summed E-state index contributed by atoms with van der Waals surface area (Å²) in [6.45, 7) is 0. The number of hydrogen-bond acceptors (Lipinski definition) is 2. The van der Waals surface area contributed by atoms with Crippen LogP contribution in [0.2, 0.25) is 0 Å².